The lowest BCUT2D eigenvalue weighted by molar-refractivity contribution is -0.123. The van der Waals surface area contributed by atoms with Gasteiger partial charge in [0.2, 0.25) is 11.8 Å². The van der Waals surface area contributed by atoms with Crippen LogP contribution in [0.1, 0.15) is 5.56 Å². The van der Waals surface area contributed by atoms with E-state index in [-0.39, 0.29) is 11.8 Å². The predicted molar refractivity (Wildman–Crippen MR) is 114 cm³/mol. The summed E-state index contributed by atoms with van der Waals surface area (Å²) in [6.45, 7) is 4.43. The second kappa shape index (κ2) is 10.4. The van der Waals surface area contributed by atoms with Crippen LogP contribution in [0.15, 0.2) is 59.1 Å². The van der Waals surface area contributed by atoms with E-state index in [1.807, 2.05) is 54.6 Å². The molecule has 2 aromatic rings. The average Bonchev–Trinajstić information content (AvgIpc) is 2.70. The summed E-state index contributed by atoms with van der Waals surface area (Å²) in [7, 11) is 0. The fraction of sp³-hybridized carbons (Fsp3) is 0.333. The van der Waals surface area contributed by atoms with Crippen LogP contribution in [-0.4, -0.2) is 60.9 Å². The van der Waals surface area contributed by atoms with E-state index >= 15 is 0 Å². The third kappa shape index (κ3) is 6.74. The molecule has 0 radical (unpaired) electrons. The number of piperazine rings is 1. The van der Waals surface area contributed by atoms with Gasteiger partial charge < -0.3 is 10.6 Å². The van der Waals surface area contributed by atoms with Gasteiger partial charge in [-0.05, 0) is 29.8 Å². The SMILES string of the molecule is O=C(CN1CCN(CC(=O)Nc2ccc(Br)cc2)CC1)NCc1ccccc1. The van der Waals surface area contributed by atoms with Crippen LogP contribution in [0.2, 0.25) is 0 Å². The number of halogens is 1. The Morgan fingerprint density at radius 1 is 0.821 bits per heavy atom. The zero-order valence-electron chi connectivity index (χ0n) is 15.7. The molecule has 0 aliphatic carbocycles. The molecule has 7 heteroatoms. The molecule has 28 heavy (non-hydrogen) atoms. The minimum atomic E-state index is -0.0172. The highest BCUT2D eigenvalue weighted by Gasteiger charge is 2.20. The van der Waals surface area contributed by atoms with Crippen LogP contribution in [0.3, 0.4) is 0 Å². The monoisotopic (exact) mass is 444 g/mol. The van der Waals surface area contributed by atoms with Crippen LogP contribution >= 0.6 is 15.9 Å². The summed E-state index contributed by atoms with van der Waals surface area (Å²) >= 11 is 3.38. The van der Waals surface area contributed by atoms with Gasteiger partial charge in [-0.25, -0.2) is 0 Å². The first-order valence-electron chi connectivity index (χ1n) is 9.39. The fourth-order valence-corrected chi connectivity index (χ4v) is 3.36. The molecule has 0 spiro atoms. The van der Waals surface area contributed by atoms with Crippen molar-refractivity contribution in [1.29, 1.82) is 0 Å². The molecule has 1 saturated heterocycles. The second-order valence-corrected chi connectivity index (χ2v) is 7.79. The lowest BCUT2D eigenvalue weighted by Gasteiger charge is -2.33. The molecule has 1 aliphatic heterocycles. The molecule has 1 aliphatic rings. The van der Waals surface area contributed by atoms with Crippen LogP contribution in [-0.2, 0) is 16.1 Å². The Morgan fingerprint density at radius 2 is 1.39 bits per heavy atom. The van der Waals surface area contributed by atoms with Gasteiger partial charge in [-0.3, -0.25) is 19.4 Å². The van der Waals surface area contributed by atoms with Crippen molar-refractivity contribution in [3.8, 4) is 0 Å². The van der Waals surface area contributed by atoms with Crippen molar-refractivity contribution in [3.63, 3.8) is 0 Å². The summed E-state index contributed by atoms with van der Waals surface area (Å²) in [6.07, 6.45) is 0. The zero-order chi connectivity index (χ0) is 19.8. The van der Waals surface area contributed by atoms with Gasteiger partial charge in [-0.15, -0.1) is 0 Å². The Labute approximate surface area is 174 Å². The quantitative estimate of drug-likeness (QED) is 0.687. The Balaban J connectivity index is 1.34. The third-order valence-electron chi connectivity index (χ3n) is 4.66. The topological polar surface area (TPSA) is 64.7 Å². The maximum atomic E-state index is 12.2. The van der Waals surface area contributed by atoms with Crippen LogP contribution in [0.25, 0.3) is 0 Å². The van der Waals surface area contributed by atoms with Gasteiger partial charge in [0, 0.05) is 42.9 Å². The van der Waals surface area contributed by atoms with E-state index in [1.54, 1.807) is 0 Å². The normalized spacial score (nSPS) is 15.2. The van der Waals surface area contributed by atoms with Gasteiger partial charge in [0.25, 0.3) is 0 Å². The number of nitrogens with zero attached hydrogens (tertiary/aromatic N) is 2. The largest absolute Gasteiger partial charge is 0.351 e. The molecular formula is C21H25BrN4O2. The number of carbonyl (C=O) groups excluding carboxylic acids is 2. The number of hydrogen-bond donors (Lipinski definition) is 2. The molecule has 2 aromatic carbocycles. The summed E-state index contributed by atoms with van der Waals surface area (Å²) in [5, 5.41) is 5.87. The highest BCUT2D eigenvalue weighted by molar-refractivity contribution is 9.10. The molecule has 0 aromatic heterocycles. The standard InChI is InChI=1S/C21H25BrN4O2/c22-18-6-8-19(9-7-18)24-21(28)16-26-12-10-25(11-13-26)15-20(27)23-14-17-4-2-1-3-5-17/h1-9H,10-16H2,(H,23,27)(H,24,28). The highest BCUT2D eigenvalue weighted by atomic mass is 79.9. The fourth-order valence-electron chi connectivity index (χ4n) is 3.10. The number of anilines is 1. The van der Waals surface area contributed by atoms with E-state index in [1.165, 1.54) is 0 Å². The van der Waals surface area contributed by atoms with Gasteiger partial charge in [0.1, 0.15) is 0 Å². The molecule has 0 bridgehead atoms. The lowest BCUT2D eigenvalue weighted by Crippen LogP contribution is -2.50. The summed E-state index contributed by atoms with van der Waals surface area (Å²) in [5.74, 6) is 0.0154. The van der Waals surface area contributed by atoms with E-state index < -0.39 is 0 Å². The van der Waals surface area contributed by atoms with Gasteiger partial charge in [-0.1, -0.05) is 46.3 Å². The second-order valence-electron chi connectivity index (χ2n) is 6.87. The van der Waals surface area contributed by atoms with Crippen molar-refractivity contribution in [3.05, 3.63) is 64.6 Å². The summed E-state index contributed by atoms with van der Waals surface area (Å²) < 4.78 is 0.981. The maximum Gasteiger partial charge on any atom is 0.238 e. The first kappa shape index (κ1) is 20.5. The number of benzene rings is 2. The van der Waals surface area contributed by atoms with Crippen molar-refractivity contribution < 1.29 is 9.59 Å². The molecule has 0 saturated carbocycles. The molecule has 148 valence electrons. The first-order valence-corrected chi connectivity index (χ1v) is 10.2. The van der Waals surface area contributed by atoms with E-state index in [0.29, 0.717) is 19.6 Å². The summed E-state index contributed by atoms with van der Waals surface area (Å²) in [4.78, 5) is 28.6. The van der Waals surface area contributed by atoms with E-state index in [4.69, 9.17) is 0 Å². The average molecular weight is 445 g/mol. The minimum absolute atomic E-state index is 0.0172. The van der Waals surface area contributed by atoms with E-state index in [2.05, 4.69) is 36.4 Å². The molecule has 0 atom stereocenters. The van der Waals surface area contributed by atoms with Gasteiger partial charge in [0.15, 0.2) is 0 Å². The Morgan fingerprint density at radius 3 is 2.00 bits per heavy atom. The third-order valence-corrected chi connectivity index (χ3v) is 5.19. The maximum absolute atomic E-state index is 12.2. The van der Waals surface area contributed by atoms with Crippen molar-refractivity contribution in [2.75, 3.05) is 44.6 Å². The van der Waals surface area contributed by atoms with Crippen LogP contribution in [0.5, 0.6) is 0 Å². The summed E-state index contributed by atoms with van der Waals surface area (Å²) in [6, 6.07) is 17.4. The summed E-state index contributed by atoms with van der Waals surface area (Å²) in [5.41, 5.74) is 1.89. The minimum Gasteiger partial charge on any atom is -0.351 e. The van der Waals surface area contributed by atoms with Crippen LogP contribution < -0.4 is 10.6 Å². The molecule has 1 heterocycles. The number of amides is 2. The molecule has 6 nitrogen and oxygen atoms in total. The first-order chi connectivity index (χ1) is 13.6. The van der Waals surface area contributed by atoms with Gasteiger partial charge in [-0.2, -0.15) is 0 Å². The number of carbonyl (C=O) groups is 2. The van der Waals surface area contributed by atoms with Crippen LogP contribution in [0.4, 0.5) is 5.69 Å². The smallest absolute Gasteiger partial charge is 0.238 e. The van der Waals surface area contributed by atoms with Crippen molar-refractivity contribution in [2.24, 2.45) is 0 Å². The molecular weight excluding hydrogens is 420 g/mol. The Bertz CT molecular complexity index is 775. The van der Waals surface area contributed by atoms with Crippen LogP contribution in [0, 0.1) is 0 Å². The molecule has 1 fully saturated rings. The zero-order valence-corrected chi connectivity index (χ0v) is 17.3. The molecule has 2 N–H and O–H groups in total. The molecule has 0 unspecified atom stereocenters. The predicted octanol–water partition coefficient (Wildman–Crippen LogP) is 2.32. The Hall–Kier alpha value is -2.22. The van der Waals surface area contributed by atoms with E-state index in [9.17, 15) is 9.59 Å². The Kier molecular flexibility index (Phi) is 7.59. The number of nitrogens with one attached hydrogen (secondary N) is 2. The van der Waals surface area contributed by atoms with Crippen molar-refractivity contribution in [1.82, 2.24) is 15.1 Å². The van der Waals surface area contributed by atoms with Crippen molar-refractivity contribution in [2.45, 2.75) is 6.54 Å². The highest BCUT2D eigenvalue weighted by Crippen LogP contribution is 2.14. The lowest BCUT2D eigenvalue weighted by atomic mass is 10.2. The van der Waals surface area contributed by atoms with Crippen molar-refractivity contribution >= 4 is 33.4 Å². The number of hydrogen-bond acceptors (Lipinski definition) is 4. The molecule has 3 rings (SSSR count). The van der Waals surface area contributed by atoms with E-state index in [0.717, 1.165) is 41.9 Å². The van der Waals surface area contributed by atoms with Gasteiger partial charge in [0.05, 0.1) is 13.1 Å². The van der Waals surface area contributed by atoms with Gasteiger partial charge >= 0.3 is 0 Å². The molecule has 2 amide bonds. The number of rotatable bonds is 7.